The van der Waals surface area contributed by atoms with Crippen LogP contribution in [0.3, 0.4) is 0 Å². The van der Waals surface area contributed by atoms with Gasteiger partial charge < -0.3 is 9.55 Å². The number of nitrogens with zero attached hydrogens (tertiary/aromatic N) is 3. The normalized spacial score (nSPS) is 12.2. The SMILES string of the molecule is Cc1ccc2c(c1)sc1c(-c3nc4c5ccc(F)cc5ccc4n3-c3c(-c4ccccc4)cc(C(C)(C)C)cc3-c3ccccc3)[c-]ccc12.[2H]C(C)(C)c1cc(-c2[c-]cccc2)ncc1[Si](C)(C)C.[Ir]. The summed E-state index contributed by atoms with van der Waals surface area (Å²) in [5.41, 5.74) is 13.7. The van der Waals surface area contributed by atoms with E-state index in [2.05, 4.69) is 178 Å². The van der Waals surface area contributed by atoms with Crippen molar-refractivity contribution in [1.29, 1.82) is 0 Å². The molecule has 1 radical (unpaired) electrons. The van der Waals surface area contributed by atoms with Crippen LogP contribution in [0, 0.1) is 24.9 Å². The number of hydrogen-bond donors (Lipinski definition) is 0. The van der Waals surface area contributed by atoms with Crippen molar-refractivity contribution in [2.24, 2.45) is 0 Å². The number of thiophene rings is 1. The summed E-state index contributed by atoms with van der Waals surface area (Å²) in [6.45, 7) is 19.8. The molecule has 0 saturated carbocycles. The van der Waals surface area contributed by atoms with Gasteiger partial charge in [0.2, 0.25) is 0 Å². The molecule has 0 aliphatic rings. The van der Waals surface area contributed by atoms with Crippen LogP contribution in [0.25, 0.3) is 92.6 Å². The van der Waals surface area contributed by atoms with Crippen LogP contribution in [0.15, 0.2) is 170 Å². The molecule has 11 aromatic rings. The summed E-state index contributed by atoms with van der Waals surface area (Å²) < 4.78 is 27.7. The molecule has 3 heterocycles. The summed E-state index contributed by atoms with van der Waals surface area (Å²) >= 11 is 1.79. The summed E-state index contributed by atoms with van der Waals surface area (Å²) in [6, 6.07) is 62.8. The summed E-state index contributed by atoms with van der Waals surface area (Å²) in [5.74, 6) is -0.0588. The van der Waals surface area contributed by atoms with Gasteiger partial charge in [0.05, 0.1) is 30.6 Å². The Morgan fingerprint density at radius 2 is 1.39 bits per heavy atom. The van der Waals surface area contributed by atoms with Gasteiger partial charge >= 0.3 is 0 Å². The van der Waals surface area contributed by atoms with E-state index < -0.39 is 14.0 Å². The van der Waals surface area contributed by atoms with Crippen LogP contribution in [0.4, 0.5) is 4.39 Å². The van der Waals surface area contributed by atoms with Gasteiger partial charge in [0.15, 0.2) is 0 Å². The van der Waals surface area contributed by atoms with Gasteiger partial charge in [-0.25, -0.2) is 4.39 Å². The maximum Gasteiger partial charge on any atom is 0.123 e. The fraction of sp³-hybridized carbons (Fsp3) is 0.175. The molecule has 3 nitrogen and oxygen atoms in total. The fourth-order valence-corrected chi connectivity index (χ4v) is 12.3. The number of aromatic nitrogens is 3. The van der Waals surface area contributed by atoms with E-state index in [1.165, 1.54) is 37.9 Å². The molecule has 11 rings (SSSR count). The van der Waals surface area contributed by atoms with E-state index in [9.17, 15) is 4.39 Å². The summed E-state index contributed by atoms with van der Waals surface area (Å²) in [6.07, 6.45) is 1.98. The molecular weight excluding hydrogens is 1070 g/mol. The zero-order valence-corrected chi connectivity index (χ0v) is 45.3. The molecule has 0 spiro atoms. The first-order chi connectivity index (χ1) is 33.4. The predicted molar refractivity (Wildman–Crippen MR) is 296 cm³/mol. The van der Waals surface area contributed by atoms with Crippen molar-refractivity contribution < 1.29 is 25.9 Å². The van der Waals surface area contributed by atoms with Crippen molar-refractivity contribution in [3.8, 4) is 50.6 Å². The van der Waals surface area contributed by atoms with Crippen LogP contribution >= 0.6 is 11.3 Å². The fourth-order valence-electron chi connectivity index (χ4n) is 9.40. The topological polar surface area (TPSA) is 30.7 Å². The number of pyridine rings is 1. The number of rotatable bonds is 7. The Morgan fingerprint density at radius 3 is 2.01 bits per heavy atom. The average Bonchev–Trinajstić information content (AvgIpc) is 3.92. The standard InChI is InChI=1S/C46H34FN2S.C17H22NSi.Ir/c1-28-18-21-35-36-16-11-17-37(44(36)50-41(35)24-28)45-48-42-34-22-20-33(47)25-31(34)19-23-40(42)49(45)43-38(29-12-7-5-8-13-29)26-32(46(2,3)4)27-39(43)30-14-9-6-10-15-30;1-13(2)15-11-16(14-9-7-6-8-10-14)18-12-17(15)19(3,4)5;/h5-16,18-27H,1-4H3;6-9,11-13H,1-5H3;/q2*-1;/i;13D;. The molecule has 7 heteroatoms. The van der Waals surface area contributed by atoms with E-state index in [4.69, 9.17) is 6.35 Å². The van der Waals surface area contributed by atoms with Crippen LogP contribution in [0.5, 0.6) is 0 Å². The Labute approximate surface area is 431 Å². The molecule has 351 valence electrons. The average molecular weight is 1130 g/mol. The third-order valence-corrected chi connectivity index (χ3v) is 16.2. The zero-order valence-electron chi connectivity index (χ0n) is 42.1. The first-order valence-electron chi connectivity index (χ1n) is 24.2. The van der Waals surface area contributed by atoms with Gasteiger partial charge in [-0.2, -0.15) is 11.3 Å². The monoisotopic (exact) mass is 1130 g/mol. The molecule has 0 amide bonds. The molecule has 3 aromatic heterocycles. The maximum atomic E-state index is 14.5. The second kappa shape index (κ2) is 19.5. The quantitative estimate of drug-likeness (QED) is 0.118. The summed E-state index contributed by atoms with van der Waals surface area (Å²) in [4.78, 5) is 10.1. The number of hydrogen-bond acceptors (Lipinski definition) is 3. The van der Waals surface area contributed by atoms with Crippen molar-refractivity contribution in [2.75, 3.05) is 0 Å². The Kier molecular flexibility index (Phi) is 13.2. The Balaban J connectivity index is 0.000000251. The van der Waals surface area contributed by atoms with Crippen molar-refractivity contribution in [2.45, 2.75) is 72.5 Å². The van der Waals surface area contributed by atoms with Gasteiger partial charge in [0, 0.05) is 48.9 Å². The second-order valence-electron chi connectivity index (χ2n) is 20.3. The first kappa shape index (κ1) is 47.3. The van der Waals surface area contributed by atoms with Crippen molar-refractivity contribution in [3.63, 3.8) is 0 Å². The first-order valence-corrected chi connectivity index (χ1v) is 28.0. The van der Waals surface area contributed by atoms with Gasteiger partial charge in [-0.3, -0.25) is 4.98 Å². The molecule has 0 saturated heterocycles. The predicted octanol–water partition coefficient (Wildman–Crippen LogP) is 17.3. The minimum Gasteiger partial charge on any atom is -0.332 e. The minimum atomic E-state index is -1.50. The third-order valence-electron chi connectivity index (χ3n) is 13.0. The van der Waals surface area contributed by atoms with E-state index in [0.29, 0.717) is 0 Å². The van der Waals surface area contributed by atoms with Crippen molar-refractivity contribution >= 4 is 66.6 Å². The van der Waals surface area contributed by atoms with Gasteiger partial charge in [-0.05, 0) is 109 Å². The van der Waals surface area contributed by atoms with Gasteiger partial charge in [-0.15, -0.1) is 54.1 Å². The molecule has 0 unspecified atom stereocenters. The zero-order chi connectivity index (χ0) is 49.1. The minimum absolute atomic E-state index is 0. The van der Waals surface area contributed by atoms with Crippen LogP contribution in [0.1, 0.15) is 58.6 Å². The van der Waals surface area contributed by atoms with Gasteiger partial charge in [0.1, 0.15) is 5.82 Å². The second-order valence-corrected chi connectivity index (χ2v) is 26.4. The number of imidazole rings is 1. The molecular formula is C63H56FIrN3SSi-2. The summed E-state index contributed by atoms with van der Waals surface area (Å²) in [7, 11) is -1.50. The van der Waals surface area contributed by atoms with E-state index in [-0.39, 0.29) is 31.3 Å². The van der Waals surface area contributed by atoms with Crippen molar-refractivity contribution in [3.05, 3.63) is 205 Å². The third kappa shape index (κ3) is 9.36. The van der Waals surface area contributed by atoms with Crippen LogP contribution in [-0.2, 0) is 25.5 Å². The smallest absolute Gasteiger partial charge is 0.123 e. The van der Waals surface area contributed by atoms with E-state index >= 15 is 0 Å². The largest absolute Gasteiger partial charge is 0.332 e. The Bertz CT molecular complexity index is 3680. The molecule has 0 fully saturated rings. The number of aryl methyl sites for hydroxylation is 1. The van der Waals surface area contributed by atoms with Crippen LogP contribution < -0.4 is 5.19 Å². The van der Waals surface area contributed by atoms with Crippen LogP contribution in [0.2, 0.25) is 19.6 Å². The Hall–Kier alpha value is -6.34. The molecule has 0 aliphatic carbocycles. The molecule has 0 bridgehead atoms. The molecule has 8 aromatic carbocycles. The molecule has 70 heavy (non-hydrogen) atoms. The van der Waals surface area contributed by atoms with Crippen LogP contribution in [-0.4, -0.2) is 22.6 Å². The maximum absolute atomic E-state index is 14.5. The summed E-state index contributed by atoms with van der Waals surface area (Å²) in [5, 5.41) is 5.44. The number of fused-ring (bicyclic) bond motifs is 6. The van der Waals surface area contributed by atoms with Gasteiger partial charge in [0.25, 0.3) is 0 Å². The van der Waals surface area contributed by atoms with E-state index in [1.54, 1.807) is 17.4 Å². The molecule has 0 N–H and O–H groups in total. The number of benzene rings is 8. The van der Waals surface area contributed by atoms with Crippen molar-refractivity contribution in [1.82, 2.24) is 14.5 Å². The molecule has 0 atom stereocenters. The Morgan fingerprint density at radius 1 is 0.714 bits per heavy atom. The molecule has 0 aliphatic heterocycles. The van der Waals surface area contributed by atoms with Gasteiger partial charge in [-0.1, -0.05) is 156 Å². The van der Waals surface area contributed by atoms with E-state index in [0.717, 1.165) is 82.7 Å². The number of halogens is 1. The van der Waals surface area contributed by atoms with E-state index in [1.807, 2.05) is 62.5 Å².